The summed E-state index contributed by atoms with van der Waals surface area (Å²) in [6.45, 7) is 9.41. The van der Waals surface area contributed by atoms with Gasteiger partial charge in [0.05, 0.1) is 0 Å². The van der Waals surface area contributed by atoms with Crippen LogP contribution in [0.5, 0.6) is 0 Å². The molecule has 0 radical (unpaired) electrons. The molecule has 1 unspecified atom stereocenters. The summed E-state index contributed by atoms with van der Waals surface area (Å²) in [5.74, 6) is 0.227. The maximum absolute atomic E-state index is 11.9. The Hall–Kier alpha value is -2.04. The predicted molar refractivity (Wildman–Crippen MR) is 81.9 cm³/mol. The largest absolute Gasteiger partial charge is 0.335 e. The summed E-state index contributed by atoms with van der Waals surface area (Å²) in [5.41, 5.74) is 2.28. The summed E-state index contributed by atoms with van der Waals surface area (Å²) >= 11 is 0. The topological polar surface area (TPSA) is 70.2 Å². The molecule has 0 saturated carbocycles. The highest BCUT2D eigenvalue weighted by Crippen LogP contribution is 2.20. The zero-order valence-corrected chi connectivity index (χ0v) is 12.7. The van der Waals surface area contributed by atoms with E-state index in [1.165, 1.54) is 6.92 Å². The van der Waals surface area contributed by atoms with Gasteiger partial charge in [-0.25, -0.2) is 4.79 Å². The van der Waals surface area contributed by atoms with E-state index in [0.29, 0.717) is 17.3 Å². The van der Waals surface area contributed by atoms with Crippen molar-refractivity contribution in [2.75, 3.05) is 10.6 Å². The summed E-state index contributed by atoms with van der Waals surface area (Å²) < 4.78 is 0. The Kier molecular flexibility index (Phi) is 5.55. The van der Waals surface area contributed by atoms with Crippen molar-refractivity contribution in [3.05, 3.63) is 23.8 Å². The SMILES string of the molecule is CC(=O)Nc1ccc(C)c(NC(=O)NC(C)C(C)C)c1. The van der Waals surface area contributed by atoms with Gasteiger partial charge in [0, 0.05) is 24.3 Å². The molecule has 0 aliphatic heterocycles. The highest BCUT2D eigenvalue weighted by atomic mass is 16.2. The normalized spacial score (nSPS) is 11.9. The van der Waals surface area contributed by atoms with Gasteiger partial charge in [-0.1, -0.05) is 19.9 Å². The summed E-state index contributed by atoms with van der Waals surface area (Å²) in [5, 5.41) is 8.38. The molecule has 0 heterocycles. The number of anilines is 2. The van der Waals surface area contributed by atoms with Crippen molar-refractivity contribution < 1.29 is 9.59 Å². The van der Waals surface area contributed by atoms with Crippen LogP contribution in [0.2, 0.25) is 0 Å². The fourth-order valence-electron chi connectivity index (χ4n) is 1.57. The lowest BCUT2D eigenvalue weighted by molar-refractivity contribution is -0.114. The smallest absolute Gasteiger partial charge is 0.319 e. The fourth-order valence-corrected chi connectivity index (χ4v) is 1.57. The number of hydrogen-bond acceptors (Lipinski definition) is 2. The Bertz CT molecular complexity index is 498. The van der Waals surface area contributed by atoms with Crippen LogP contribution in [0, 0.1) is 12.8 Å². The molecule has 5 nitrogen and oxygen atoms in total. The number of aryl methyl sites for hydroxylation is 1. The number of urea groups is 1. The summed E-state index contributed by atoms with van der Waals surface area (Å²) in [7, 11) is 0. The van der Waals surface area contributed by atoms with Gasteiger partial charge in [0.15, 0.2) is 0 Å². The Balaban J connectivity index is 2.75. The van der Waals surface area contributed by atoms with Gasteiger partial charge in [-0.15, -0.1) is 0 Å². The molecule has 0 aromatic heterocycles. The third-order valence-electron chi connectivity index (χ3n) is 3.16. The van der Waals surface area contributed by atoms with E-state index in [1.54, 1.807) is 12.1 Å². The van der Waals surface area contributed by atoms with Gasteiger partial charge in [0.2, 0.25) is 5.91 Å². The second-order valence-corrected chi connectivity index (χ2v) is 5.34. The van der Waals surface area contributed by atoms with Crippen molar-refractivity contribution >= 4 is 23.3 Å². The molecule has 1 aromatic carbocycles. The first kappa shape index (κ1) is 16.0. The number of benzene rings is 1. The first-order valence-electron chi connectivity index (χ1n) is 6.75. The minimum atomic E-state index is -0.241. The molecule has 1 rings (SSSR count). The molecule has 1 aromatic rings. The zero-order chi connectivity index (χ0) is 15.3. The molecular formula is C15H23N3O2. The van der Waals surface area contributed by atoms with E-state index in [2.05, 4.69) is 16.0 Å². The quantitative estimate of drug-likeness (QED) is 0.791. The van der Waals surface area contributed by atoms with Gasteiger partial charge in [-0.2, -0.15) is 0 Å². The van der Waals surface area contributed by atoms with Gasteiger partial charge in [-0.05, 0) is 37.5 Å². The second kappa shape index (κ2) is 6.93. The number of nitrogens with one attached hydrogen (secondary N) is 3. The average molecular weight is 277 g/mol. The fraction of sp³-hybridized carbons (Fsp3) is 0.467. The highest BCUT2D eigenvalue weighted by molar-refractivity contribution is 5.93. The van der Waals surface area contributed by atoms with Crippen molar-refractivity contribution in [1.29, 1.82) is 0 Å². The Morgan fingerprint density at radius 2 is 1.75 bits per heavy atom. The van der Waals surface area contributed by atoms with Crippen LogP contribution in [0.25, 0.3) is 0 Å². The lowest BCUT2D eigenvalue weighted by Gasteiger charge is -2.18. The molecule has 0 saturated heterocycles. The molecule has 0 aliphatic rings. The van der Waals surface area contributed by atoms with Gasteiger partial charge >= 0.3 is 6.03 Å². The van der Waals surface area contributed by atoms with Gasteiger partial charge in [0.1, 0.15) is 0 Å². The lowest BCUT2D eigenvalue weighted by Crippen LogP contribution is -2.39. The third kappa shape index (κ3) is 4.91. The van der Waals surface area contributed by atoms with E-state index in [1.807, 2.05) is 33.8 Å². The van der Waals surface area contributed by atoms with E-state index in [-0.39, 0.29) is 18.0 Å². The number of carbonyl (C=O) groups excluding carboxylic acids is 2. The second-order valence-electron chi connectivity index (χ2n) is 5.34. The first-order chi connectivity index (χ1) is 9.29. The van der Waals surface area contributed by atoms with E-state index in [4.69, 9.17) is 0 Å². The van der Waals surface area contributed by atoms with Crippen molar-refractivity contribution in [3.8, 4) is 0 Å². The third-order valence-corrected chi connectivity index (χ3v) is 3.16. The average Bonchev–Trinajstić information content (AvgIpc) is 2.32. The van der Waals surface area contributed by atoms with Crippen LogP contribution < -0.4 is 16.0 Å². The van der Waals surface area contributed by atoms with Crippen molar-refractivity contribution in [1.82, 2.24) is 5.32 Å². The monoisotopic (exact) mass is 277 g/mol. The first-order valence-corrected chi connectivity index (χ1v) is 6.75. The Morgan fingerprint density at radius 1 is 1.10 bits per heavy atom. The number of carbonyl (C=O) groups is 2. The molecule has 0 bridgehead atoms. The van der Waals surface area contributed by atoms with E-state index in [0.717, 1.165) is 5.56 Å². The summed E-state index contributed by atoms with van der Waals surface area (Å²) in [6, 6.07) is 5.25. The molecule has 20 heavy (non-hydrogen) atoms. The van der Waals surface area contributed by atoms with Gasteiger partial charge in [-0.3, -0.25) is 4.79 Å². The zero-order valence-electron chi connectivity index (χ0n) is 12.7. The van der Waals surface area contributed by atoms with Crippen molar-refractivity contribution in [2.45, 2.75) is 40.7 Å². The summed E-state index contributed by atoms with van der Waals surface area (Å²) in [4.78, 5) is 22.9. The van der Waals surface area contributed by atoms with Crippen LogP contribution in [-0.4, -0.2) is 18.0 Å². The van der Waals surface area contributed by atoms with Crippen LogP contribution in [0.15, 0.2) is 18.2 Å². The predicted octanol–water partition coefficient (Wildman–Crippen LogP) is 3.12. The van der Waals surface area contributed by atoms with Crippen LogP contribution in [-0.2, 0) is 4.79 Å². The Morgan fingerprint density at radius 3 is 2.30 bits per heavy atom. The van der Waals surface area contributed by atoms with E-state index in [9.17, 15) is 9.59 Å². The molecule has 110 valence electrons. The molecule has 3 N–H and O–H groups in total. The number of hydrogen-bond donors (Lipinski definition) is 3. The molecule has 5 heteroatoms. The molecular weight excluding hydrogens is 254 g/mol. The van der Waals surface area contributed by atoms with Crippen LogP contribution in [0.3, 0.4) is 0 Å². The van der Waals surface area contributed by atoms with Crippen LogP contribution in [0.4, 0.5) is 16.2 Å². The molecule has 0 fully saturated rings. The van der Waals surface area contributed by atoms with Crippen molar-refractivity contribution in [3.63, 3.8) is 0 Å². The molecule has 3 amide bonds. The Labute approximate surface area is 120 Å². The standard InChI is InChI=1S/C15H23N3O2/c1-9(2)11(4)16-15(20)18-14-8-13(17-12(5)19)7-6-10(14)3/h6-9,11H,1-5H3,(H,17,19)(H2,16,18,20). The molecule has 0 aliphatic carbocycles. The van der Waals surface area contributed by atoms with Crippen LogP contribution in [0.1, 0.15) is 33.3 Å². The minimum absolute atomic E-state index is 0.0915. The maximum atomic E-state index is 11.9. The molecule has 1 atom stereocenters. The molecule has 0 spiro atoms. The highest BCUT2D eigenvalue weighted by Gasteiger charge is 2.11. The van der Waals surface area contributed by atoms with Crippen molar-refractivity contribution in [2.24, 2.45) is 5.92 Å². The summed E-state index contributed by atoms with van der Waals surface area (Å²) in [6.07, 6.45) is 0. The van der Waals surface area contributed by atoms with Gasteiger partial charge < -0.3 is 16.0 Å². The van der Waals surface area contributed by atoms with Gasteiger partial charge in [0.25, 0.3) is 0 Å². The van der Waals surface area contributed by atoms with Crippen LogP contribution >= 0.6 is 0 Å². The number of rotatable bonds is 4. The van der Waals surface area contributed by atoms with E-state index < -0.39 is 0 Å². The maximum Gasteiger partial charge on any atom is 0.319 e. The lowest BCUT2D eigenvalue weighted by atomic mass is 10.1. The van der Waals surface area contributed by atoms with E-state index >= 15 is 0 Å². The number of amides is 3. The minimum Gasteiger partial charge on any atom is -0.335 e.